The maximum Gasteiger partial charge on any atom is 0.449 e. The van der Waals surface area contributed by atoms with Crippen molar-refractivity contribution < 1.29 is 37.7 Å². The number of halogens is 4. The van der Waals surface area contributed by atoms with Gasteiger partial charge in [0.1, 0.15) is 11.5 Å². The minimum atomic E-state index is -4.79. The monoisotopic (exact) mass is 472 g/mol. The zero-order chi connectivity index (χ0) is 23.5. The Labute approximate surface area is 184 Å². The molecule has 0 bridgehead atoms. The summed E-state index contributed by atoms with van der Waals surface area (Å²) >= 11 is 1.20. The Morgan fingerprint density at radius 2 is 1.81 bits per heavy atom. The second-order valence-electron chi connectivity index (χ2n) is 7.20. The molecule has 0 spiro atoms. The highest BCUT2D eigenvalue weighted by Gasteiger charge is 2.39. The molecule has 0 unspecified atom stereocenters. The highest BCUT2D eigenvalue weighted by atomic mass is 32.1. The van der Waals surface area contributed by atoms with E-state index in [1.165, 1.54) is 23.5 Å². The lowest BCUT2D eigenvalue weighted by molar-refractivity contribution is -0.147. The van der Waals surface area contributed by atoms with Crippen LogP contribution in [0.5, 0.6) is 0 Å². The SMILES string of the molecule is O=C(O)C[C@H](O)C[C@H](O)CCn1c(C(F)(F)F)nc(-c2cccs2)c1-c1ccc(F)cc1. The minimum Gasteiger partial charge on any atom is -0.481 e. The molecule has 1 aromatic carbocycles. The number of rotatable bonds is 9. The number of imidazole rings is 1. The number of aromatic nitrogens is 2. The third kappa shape index (κ3) is 5.72. The molecule has 32 heavy (non-hydrogen) atoms. The minimum absolute atomic E-state index is 0.0827. The van der Waals surface area contributed by atoms with Crippen LogP contribution in [0.1, 0.15) is 25.1 Å². The molecule has 0 amide bonds. The lowest BCUT2D eigenvalue weighted by atomic mass is 10.1. The summed E-state index contributed by atoms with van der Waals surface area (Å²) in [6.07, 6.45) is -8.43. The maximum absolute atomic E-state index is 13.8. The Morgan fingerprint density at radius 1 is 1.12 bits per heavy atom. The number of hydrogen-bond acceptors (Lipinski definition) is 5. The lowest BCUT2D eigenvalue weighted by Crippen LogP contribution is -2.23. The largest absolute Gasteiger partial charge is 0.481 e. The van der Waals surface area contributed by atoms with Crippen LogP contribution in [0.25, 0.3) is 21.8 Å². The van der Waals surface area contributed by atoms with Crippen LogP contribution in [0.15, 0.2) is 41.8 Å². The predicted octanol–water partition coefficient (Wildman–Crippen LogP) is 4.41. The van der Waals surface area contributed by atoms with Gasteiger partial charge in [0, 0.05) is 12.1 Å². The number of hydrogen-bond donors (Lipinski definition) is 3. The van der Waals surface area contributed by atoms with Crippen LogP contribution in [0.4, 0.5) is 17.6 Å². The van der Waals surface area contributed by atoms with E-state index < -0.39 is 42.4 Å². The van der Waals surface area contributed by atoms with Crippen molar-refractivity contribution >= 4 is 17.3 Å². The van der Waals surface area contributed by atoms with Crippen molar-refractivity contribution in [2.45, 2.75) is 44.2 Å². The van der Waals surface area contributed by atoms with E-state index in [0.29, 0.717) is 10.4 Å². The molecule has 0 fully saturated rings. The van der Waals surface area contributed by atoms with Gasteiger partial charge in [-0.2, -0.15) is 13.2 Å². The van der Waals surface area contributed by atoms with Crippen LogP contribution in [-0.2, 0) is 17.5 Å². The first kappa shape index (κ1) is 23.9. The molecule has 0 aliphatic rings. The number of aliphatic carboxylic acids is 1. The Morgan fingerprint density at radius 3 is 2.38 bits per heavy atom. The Hall–Kier alpha value is -2.76. The number of carboxylic acid groups (broad SMARTS) is 1. The molecule has 6 nitrogen and oxygen atoms in total. The molecular formula is C21H20F4N2O4S. The molecule has 0 saturated heterocycles. The summed E-state index contributed by atoms with van der Waals surface area (Å²) in [5.74, 6) is -2.97. The summed E-state index contributed by atoms with van der Waals surface area (Å²) in [4.78, 5) is 15.0. The van der Waals surface area contributed by atoms with Gasteiger partial charge in [0.25, 0.3) is 0 Å². The third-order valence-electron chi connectivity index (χ3n) is 4.73. The van der Waals surface area contributed by atoms with Crippen molar-refractivity contribution in [3.8, 4) is 21.8 Å². The smallest absolute Gasteiger partial charge is 0.449 e. The first-order valence-electron chi connectivity index (χ1n) is 9.61. The second kappa shape index (κ2) is 9.80. The average Bonchev–Trinajstić information content (AvgIpc) is 3.33. The number of carboxylic acids is 1. The summed E-state index contributed by atoms with van der Waals surface area (Å²) in [7, 11) is 0. The topological polar surface area (TPSA) is 95.6 Å². The van der Waals surface area contributed by atoms with Crippen molar-refractivity contribution in [3.05, 3.63) is 53.4 Å². The summed E-state index contributed by atoms with van der Waals surface area (Å²) < 4.78 is 55.9. The van der Waals surface area contributed by atoms with Crippen molar-refractivity contribution in [3.63, 3.8) is 0 Å². The van der Waals surface area contributed by atoms with Gasteiger partial charge in [0.2, 0.25) is 5.82 Å². The van der Waals surface area contributed by atoms with Gasteiger partial charge < -0.3 is 19.9 Å². The molecule has 3 N–H and O–H groups in total. The molecule has 172 valence electrons. The number of nitrogens with zero attached hydrogens (tertiary/aromatic N) is 2. The van der Waals surface area contributed by atoms with E-state index in [0.717, 1.165) is 16.7 Å². The number of aliphatic hydroxyl groups excluding tert-OH is 2. The van der Waals surface area contributed by atoms with E-state index in [1.54, 1.807) is 17.5 Å². The summed E-state index contributed by atoms with van der Waals surface area (Å²) in [6, 6.07) is 8.28. The van der Waals surface area contributed by atoms with Gasteiger partial charge in [0.05, 0.1) is 29.2 Å². The first-order valence-corrected chi connectivity index (χ1v) is 10.5. The fourth-order valence-corrected chi connectivity index (χ4v) is 4.08. The number of benzene rings is 1. The highest BCUT2D eigenvalue weighted by molar-refractivity contribution is 7.13. The van der Waals surface area contributed by atoms with Crippen LogP contribution in [0.3, 0.4) is 0 Å². The molecule has 0 radical (unpaired) electrons. The standard InChI is InChI=1S/C21H20F4N2O4S/c22-13-5-3-12(4-6-13)19-18(16-2-1-9-32-16)26-20(21(23,24)25)27(19)8-7-14(28)10-15(29)11-17(30)31/h1-6,9,14-15,28-29H,7-8,10-11H2,(H,30,31)/t14-,15-/m1/s1. The molecule has 2 atom stereocenters. The van der Waals surface area contributed by atoms with Gasteiger partial charge in [-0.3, -0.25) is 4.79 Å². The van der Waals surface area contributed by atoms with Gasteiger partial charge in [-0.15, -0.1) is 11.3 Å². The average molecular weight is 472 g/mol. The molecule has 2 aromatic heterocycles. The van der Waals surface area contributed by atoms with Crippen molar-refractivity contribution in [2.24, 2.45) is 0 Å². The zero-order valence-electron chi connectivity index (χ0n) is 16.6. The summed E-state index contributed by atoms with van der Waals surface area (Å²) in [5, 5.41) is 30.2. The van der Waals surface area contributed by atoms with Crippen LogP contribution in [0, 0.1) is 5.82 Å². The van der Waals surface area contributed by atoms with Gasteiger partial charge in [-0.1, -0.05) is 6.07 Å². The van der Waals surface area contributed by atoms with Crippen LogP contribution in [0.2, 0.25) is 0 Å². The van der Waals surface area contributed by atoms with Crippen molar-refractivity contribution in [1.29, 1.82) is 0 Å². The molecule has 0 aliphatic heterocycles. The van der Waals surface area contributed by atoms with E-state index in [1.807, 2.05) is 0 Å². The summed E-state index contributed by atoms with van der Waals surface area (Å²) in [5.41, 5.74) is 0.524. The van der Waals surface area contributed by atoms with E-state index in [-0.39, 0.29) is 30.8 Å². The maximum atomic E-state index is 13.8. The number of thiophene rings is 1. The zero-order valence-corrected chi connectivity index (χ0v) is 17.4. The fourth-order valence-electron chi connectivity index (χ4n) is 3.37. The molecule has 0 saturated carbocycles. The number of alkyl halides is 3. The first-order chi connectivity index (χ1) is 15.1. The normalized spacial score (nSPS) is 13.8. The molecular weight excluding hydrogens is 452 g/mol. The fraction of sp³-hybridized carbons (Fsp3) is 0.333. The highest BCUT2D eigenvalue weighted by Crippen LogP contribution is 2.40. The molecule has 2 heterocycles. The van der Waals surface area contributed by atoms with Crippen molar-refractivity contribution in [2.75, 3.05) is 0 Å². The van der Waals surface area contributed by atoms with E-state index in [9.17, 15) is 32.6 Å². The van der Waals surface area contributed by atoms with E-state index in [4.69, 9.17) is 5.11 Å². The van der Waals surface area contributed by atoms with Gasteiger partial charge >= 0.3 is 12.1 Å². The van der Waals surface area contributed by atoms with Gasteiger partial charge in [-0.05, 0) is 48.6 Å². The van der Waals surface area contributed by atoms with Crippen LogP contribution < -0.4 is 0 Å². The quantitative estimate of drug-likeness (QED) is 0.401. The van der Waals surface area contributed by atoms with Crippen LogP contribution >= 0.6 is 11.3 Å². The molecule has 3 aromatic rings. The molecule has 3 rings (SSSR count). The Kier molecular flexibility index (Phi) is 7.32. The molecule has 0 aliphatic carbocycles. The summed E-state index contributed by atoms with van der Waals surface area (Å²) in [6.45, 7) is -0.305. The second-order valence-corrected chi connectivity index (χ2v) is 8.14. The van der Waals surface area contributed by atoms with Gasteiger partial charge in [-0.25, -0.2) is 9.37 Å². The van der Waals surface area contributed by atoms with E-state index in [2.05, 4.69) is 4.98 Å². The van der Waals surface area contributed by atoms with Gasteiger partial charge in [0.15, 0.2) is 0 Å². The Bertz CT molecular complexity index is 1050. The van der Waals surface area contributed by atoms with Crippen LogP contribution in [-0.4, -0.2) is 43.0 Å². The predicted molar refractivity (Wildman–Crippen MR) is 109 cm³/mol. The van der Waals surface area contributed by atoms with E-state index >= 15 is 0 Å². The number of carbonyl (C=O) groups is 1. The lowest BCUT2D eigenvalue weighted by Gasteiger charge is -2.18. The third-order valence-corrected chi connectivity index (χ3v) is 5.61. The van der Waals surface area contributed by atoms with Crippen molar-refractivity contribution in [1.82, 2.24) is 9.55 Å². The Balaban J connectivity index is 2.01. The molecule has 11 heteroatoms. The number of aliphatic hydroxyl groups is 2.